The van der Waals surface area contributed by atoms with Crippen molar-refractivity contribution >= 4 is 11.8 Å². The number of anilines is 1. The predicted octanol–water partition coefficient (Wildman–Crippen LogP) is 0.944. The lowest BCUT2D eigenvalue weighted by Crippen LogP contribution is -2.62. The third kappa shape index (κ3) is 3.57. The second-order valence-electron chi connectivity index (χ2n) is 5.37. The van der Waals surface area contributed by atoms with E-state index < -0.39 is 11.6 Å². The fourth-order valence-corrected chi connectivity index (χ4v) is 2.04. The van der Waals surface area contributed by atoms with Gasteiger partial charge in [-0.3, -0.25) is 4.98 Å². The Morgan fingerprint density at radius 2 is 2.20 bits per heavy atom. The molecular formula is C13H19N3O4. The minimum Gasteiger partial charge on any atom is -0.480 e. The van der Waals surface area contributed by atoms with E-state index in [0.29, 0.717) is 24.8 Å². The van der Waals surface area contributed by atoms with Crippen LogP contribution in [0.2, 0.25) is 0 Å². The molecule has 1 saturated heterocycles. The van der Waals surface area contributed by atoms with Gasteiger partial charge in [-0.1, -0.05) is 0 Å². The number of hydrogen-bond donors (Lipinski definition) is 1. The zero-order valence-electron chi connectivity index (χ0n) is 11.9. The smallest absolute Gasteiger partial charge is 0.329 e. The lowest BCUT2D eigenvalue weighted by Gasteiger charge is -2.47. The van der Waals surface area contributed by atoms with Crippen molar-refractivity contribution in [2.75, 3.05) is 24.6 Å². The fourth-order valence-electron chi connectivity index (χ4n) is 2.04. The van der Waals surface area contributed by atoms with Crippen molar-refractivity contribution < 1.29 is 19.4 Å². The monoisotopic (exact) mass is 281 g/mol. The lowest BCUT2D eigenvalue weighted by atomic mass is 9.96. The number of hydrogen-bond acceptors (Lipinski definition) is 6. The highest BCUT2D eigenvalue weighted by molar-refractivity contribution is 5.68. The Morgan fingerprint density at radius 1 is 1.50 bits per heavy atom. The van der Waals surface area contributed by atoms with Crippen molar-refractivity contribution in [1.82, 2.24) is 9.97 Å². The van der Waals surface area contributed by atoms with Crippen molar-refractivity contribution in [3.8, 4) is 5.88 Å². The molecule has 0 aliphatic carbocycles. The van der Waals surface area contributed by atoms with Gasteiger partial charge in [-0.2, -0.15) is 4.98 Å². The van der Waals surface area contributed by atoms with Crippen LogP contribution in [0.5, 0.6) is 5.88 Å². The summed E-state index contributed by atoms with van der Waals surface area (Å²) in [6.07, 6.45) is 3.27. The third-order valence-electron chi connectivity index (χ3n) is 2.87. The van der Waals surface area contributed by atoms with E-state index in [1.54, 1.807) is 12.4 Å². The van der Waals surface area contributed by atoms with E-state index in [-0.39, 0.29) is 12.7 Å². The summed E-state index contributed by atoms with van der Waals surface area (Å²) in [6.45, 7) is 6.62. The van der Waals surface area contributed by atoms with E-state index in [1.165, 1.54) is 0 Å². The van der Waals surface area contributed by atoms with Gasteiger partial charge in [-0.05, 0) is 20.8 Å². The highest BCUT2D eigenvalue weighted by Crippen LogP contribution is 2.29. The summed E-state index contributed by atoms with van der Waals surface area (Å²) in [5.74, 6) is 0.230. The SMILES string of the molecule is CC(C)Oc1cncc(N2CC(C)(OCC(=O)O)C2)n1. The maximum atomic E-state index is 10.5. The summed E-state index contributed by atoms with van der Waals surface area (Å²) in [7, 11) is 0. The predicted molar refractivity (Wildman–Crippen MR) is 72.0 cm³/mol. The Bertz CT molecular complexity index is 486. The van der Waals surface area contributed by atoms with Gasteiger partial charge < -0.3 is 19.5 Å². The van der Waals surface area contributed by atoms with Crippen LogP contribution in [0.3, 0.4) is 0 Å². The molecule has 2 rings (SSSR count). The van der Waals surface area contributed by atoms with Gasteiger partial charge in [0.15, 0.2) is 5.82 Å². The molecule has 110 valence electrons. The zero-order chi connectivity index (χ0) is 14.8. The van der Waals surface area contributed by atoms with Gasteiger partial charge in [0.2, 0.25) is 5.88 Å². The minimum absolute atomic E-state index is 0.0418. The third-order valence-corrected chi connectivity index (χ3v) is 2.87. The topological polar surface area (TPSA) is 84.8 Å². The Morgan fingerprint density at radius 3 is 2.80 bits per heavy atom. The Kier molecular flexibility index (Phi) is 4.08. The van der Waals surface area contributed by atoms with Crippen molar-refractivity contribution in [1.29, 1.82) is 0 Å². The first-order valence-electron chi connectivity index (χ1n) is 6.47. The molecular weight excluding hydrogens is 262 g/mol. The second-order valence-corrected chi connectivity index (χ2v) is 5.37. The minimum atomic E-state index is -0.961. The molecule has 1 aliphatic heterocycles. The van der Waals surface area contributed by atoms with Crippen molar-refractivity contribution in [3.63, 3.8) is 0 Å². The van der Waals surface area contributed by atoms with Gasteiger partial charge in [0.25, 0.3) is 0 Å². The molecule has 0 saturated carbocycles. The molecule has 1 aromatic rings. The molecule has 20 heavy (non-hydrogen) atoms. The quantitative estimate of drug-likeness (QED) is 0.830. The van der Waals surface area contributed by atoms with Crippen LogP contribution >= 0.6 is 0 Å². The van der Waals surface area contributed by atoms with Crippen LogP contribution in [-0.2, 0) is 9.53 Å². The summed E-state index contributed by atoms with van der Waals surface area (Å²) in [4.78, 5) is 20.9. The number of nitrogens with zero attached hydrogens (tertiary/aromatic N) is 3. The molecule has 1 aromatic heterocycles. The molecule has 2 heterocycles. The van der Waals surface area contributed by atoms with Crippen LogP contribution in [0.4, 0.5) is 5.82 Å². The average Bonchev–Trinajstić information content (AvgIpc) is 2.32. The number of rotatable bonds is 6. The van der Waals surface area contributed by atoms with Crippen molar-refractivity contribution in [2.24, 2.45) is 0 Å². The maximum absolute atomic E-state index is 10.5. The molecule has 0 aromatic carbocycles. The molecule has 1 aliphatic rings. The molecule has 0 spiro atoms. The summed E-state index contributed by atoms with van der Waals surface area (Å²) >= 11 is 0. The molecule has 0 radical (unpaired) electrons. The molecule has 0 atom stereocenters. The van der Waals surface area contributed by atoms with Crippen LogP contribution in [0, 0.1) is 0 Å². The number of aliphatic carboxylic acids is 1. The maximum Gasteiger partial charge on any atom is 0.329 e. The summed E-state index contributed by atoms with van der Waals surface area (Å²) in [5.41, 5.74) is -0.449. The molecule has 1 N–H and O–H groups in total. The summed E-state index contributed by atoms with van der Waals surface area (Å²) < 4.78 is 10.8. The molecule has 0 unspecified atom stereocenters. The van der Waals surface area contributed by atoms with E-state index in [0.717, 1.165) is 0 Å². The van der Waals surface area contributed by atoms with Crippen molar-refractivity contribution in [2.45, 2.75) is 32.5 Å². The van der Waals surface area contributed by atoms with Gasteiger partial charge in [0.1, 0.15) is 12.2 Å². The normalized spacial score (nSPS) is 16.9. The highest BCUT2D eigenvalue weighted by Gasteiger charge is 2.41. The molecule has 0 bridgehead atoms. The highest BCUT2D eigenvalue weighted by atomic mass is 16.5. The van der Waals surface area contributed by atoms with E-state index in [4.69, 9.17) is 14.6 Å². The van der Waals surface area contributed by atoms with E-state index in [1.807, 2.05) is 25.7 Å². The fraction of sp³-hybridized carbons (Fsp3) is 0.615. The summed E-state index contributed by atoms with van der Waals surface area (Å²) in [5, 5.41) is 8.62. The molecule has 1 fully saturated rings. The Balaban J connectivity index is 1.93. The van der Waals surface area contributed by atoms with Crippen LogP contribution in [0.15, 0.2) is 12.4 Å². The van der Waals surface area contributed by atoms with Gasteiger partial charge in [-0.15, -0.1) is 0 Å². The number of ether oxygens (including phenoxy) is 2. The van der Waals surface area contributed by atoms with Gasteiger partial charge in [0, 0.05) is 0 Å². The standard InChI is InChI=1S/C13H19N3O4/c1-9(2)20-11-5-14-4-10(15-11)16-7-13(3,8-16)19-6-12(17)18/h4-5,9H,6-8H2,1-3H3,(H,17,18). The Labute approximate surface area is 117 Å². The largest absolute Gasteiger partial charge is 0.480 e. The van der Waals surface area contributed by atoms with Crippen LogP contribution in [-0.4, -0.2) is 52.4 Å². The zero-order valence-corrected chi connectivity index (χ0v) is 11.9. The first kappa shape index (κ1) is 14.5. The number of carboxylic acids is 1. The number of carboxylic acid groups (broad SMARTS) is 1. The first-order chi connectivity index (χ1) is 9.38. The molecule has 0 amide bonds. The van der Waals surface area contributed by atoms with Crippen molar-refractivity contribution in [3.05, 3.63) is 12.4 Å². The molecule has 7 nitrogen and oxygen atoms in total. The van der Waals surface area contributed by atoms with Crippen LogP contribution < -0.4 is 9.64 Å². The van der Waals surface area contributed by atoms with E-state index >= 15 is 0 Å². The van der Waals surface area contributed by atoms with E-state index in [2.05, 4.69) is 9.97 Å². The second kappa shape index (κ2) is 5.62. The van der Waals surface area contributed by atoms with Crippen LogP contribution in [0.1, 0.15) is 20.8 Å². The van der Waals surface area contributed by atoms with Gasteiger partial charge in [-0.25, -0.2) is 4.79 Å². The average molecular weight is 281 g/mol. The number of carbonyl (C=O) groups is 1. The first-order valence-corrected chi connectivity index (χ1v) is 6.47. The van der Waals surface area contributed by atoms with E-state index in [9.17, 15) is 4.79 Å². The van der Waals surface area contributed by atoms with Gasteiger partial charge >= 0.3 is 5.97 Å². The number of aromatic nitrogens is 2. The van der Waals surface area contributed by atoms with Crippen LogP contribution in [0.25, 0.3) is 0 Å². The summed E-state index contributed by atoms with van der Waals surface area (Å²) in [6, 6.07) is 0. The van der Waals surface area contributed by atoms with Gasteiger partial charge in [0.05, 0.1) is 31.6 Å². The molecule has 7 heteroatoms. The Hall–Kier alpha value is -1.89. The lowest BCUT2D eigenvalue weighted by molar-refractivity contribution is -0.150.